The van der Waals surface area contributed by atoms with Crippen LogP contribution in [0, 0.1) is 0 Å². The van der Waals surface area contributed by atoms with Crippen LogP contribution in [0.4, 0.5) is 14.5 Å². The average Bonchev–Trinajstić information content (AvgIpc) is 2.82. The SMILES string of the molecule is O=C(NCC(O)C(F)F)c1ccc2c(c1)NCC2. The highest BCUT2D eigenvalue weighted by atomic mass is 19.3. The van der Waals surface area contributed by atoms with E-state index in [9.17, 15) is 13.6 Å². The van der Waals surface area contributed by atoms with E-state index in [1.165, 1.54) is 0 Å². The minimum atomic E-state index is -2.85. The van der Waals surface area contributed by atoms with E-state index >= 15 is 0 Å². The molecule has 0 aromatic heterocycles. The van der Waals surface area contributed by atoms with Crippen molar-refractivity contribution in [1.29, 1.82) is 0 Å². The van der Waals surface area contributed by atoms with Gasteiger partial charge in [0.15, 0.2) is 0 Å². The molecule has 0 saturated carbocycles. The highest BCUT2D eigenvalue weighted by molar-refractivity contribution is 5.95. The molecule has 4 nitrogen and oxygen atoms in total. The first kappa shape index (κ1) is 12.8. The number of carbonyl (C=O) groups is 1. The standard InChI is InChI=1S/C12H14F2N2O2/c13-11(14)10(17)6-16-12(18)8-2-1-7-3-4-15-9(7)5-8/h1-2,5,10-11,15,17H,3-4,6H2,(H,16,18). The van der Waals surface area contributed by atoms with Gasteiger partial charge in [-0.3, -0.25) is 4.79 Å². The van der Waals surface area contributed by atoms with Crippen LogP contribution in [0.3, 0.4) is 0 Å². The predicted molar refractivity (Wildman–Crippen MR) is 63.0 cm³/mol. The van der Waals surface area contributed by atoms with Crippen molar-refractivity contribution in [2.75, 3.05) is 18.4 Å². The molecular formula is C12H14F2N2O2. The topological polar surface area (TPSA) is 61.4 Å². The van der Waals surface area contributed by atoms with Gasteiger partial charge in [-0.05, 0) is 24.1 Å². The number of alkyl halides is 2. The van der Waals surface area contributed by atoms with Crippen LogP contribution in [-0.2, 0) is 6.42 Å². The Hall–Kier alpha value is -1.69. The van der Waals surface area contributed by atoms with Crippen LogP contribution >= 0.6 is 0 Å². The van der Waals surface area contributed by atoms with Crippen molar-refractivity contribution in [3.05, 3.63) is 29.3 Å². The third kappa shape index (κ3) is 2.76. The van der Waals surface area contributed by atoms with Gasteiger partial charge in [-0.25, -0.2) is 8.78 Å². The van der Waals surface area contributed by atoms with Crippen LogP contribution in [0.5, 0.6) is 0 Å². The second kappa shape index (κ2) is 5.30. The van der Waals surface area contributed by atoms with E-state index in [0.717, 1.165) is 24.2 Å². The first-order valence-electron chi connectivity index (χ1n) is 5.69. The van der Waals surface area contributed by atoms with E-state index in [1.807, 2.05) is 6.07 Å². The fourth-order valence-corrected chi connectivity index (χ4v) is 1.82. The molecule has 18 heavy (non-hydrogen) atoms. The Morgan fingerprint density at radius 3 is 3.00 bits per heavy atom. The van der Waals surface area contributed by atoms with Gasteiger partial charge in [0.25, 0.3) is 12.3 Å². The zero-order chi connectivity index (χ0) is 13.1. The number of anilines is 1. The Kier molecular flexibility index (Phi) is 3.76. The highest BCUT2D eigenvalue weighted by Gasteiger charge is 2.18. The summed E-state index contributed by atoms with van der Waals surface area (Å²) < 4.78 is 24.1. The number of halogens is 2. The first-order chi connectivity index (χ1) is 8.58. The maximum Gasteiger partial charge on any atom is 0.265 e. The Balaban J connectivity index is 1.97. The Labute approximate surface area is 103 Å². The van der Waals surface area contributed by atoms with Gasteiger partial charge >= 0.3 is 0 Å². The summed E-state index contributed by atoms with van der Waals surface area (Å²) in [5.41, 5.74) is 2.43. The third-order valence-corrected chi connectivity index (χ3v) is 2.84. The Morgan fingerprint density at radius 2 is 2.28 bits per heavy atom. The fourth-order valence-electron chi connectivity index (χ4n) is 1.82. The molecule has 0 fully saturated rings. The largest absolute Gasteiger partial charge is 0.385 e. The second-order valence-corrected chi connectivity index (χ2v) is 4.16. The molecule has 0 aliphatic carbocycles. The number of benzene rings is 1. The van der Waals surface area contributed by atoms with Crippen LogP contribution in [0.25, 0.3) is 0 Å². The third-order valence-electron chi connectivity index (χ3n) is 2.84. The minimum Gasteiger partial charge on any atom is -0.385 e. The lowest BCUT2D eigenvalue weighted by Crippen LogP contribution is -2.35. The van der Waals surface area contributed by atoms with Gasteiger partial charge in [-0.15, -0.1) is 0 Å². The smallest absolute Gasteiger partial charge is 0.265 e. The molecule has 1 aromatic rings. The monoisotopic (exact) mass is 256 g/mol. The van der Waals surface area contributed by atoms with Gasteiger partial charge in [0.1, 0.15) is 6.10 Å². The average molecular weight is 256 g/mol. The minimum absolute atomic E-state index is 0.393. The molecule has 2 rings (SSSR count). The maximum absolute atomic E-state index is 12.0. The number of fused-ring (bicyclic) bond motifs is 1. The molecule has 6 heteroatoms. The molecule has 0 radical (unpaired) electrons. The predicted octanol–water partition coefficient (Wildman–Crippen LogP) is 1.01. The molecule has 98 valence electrons. The van der Waals surface area contributed by atoms with Gasteiger partial charge in [-0.2, -0.15) is 0 Å². The lowest BCUT2D eigenvalue weighted by Gasteiger charge is -2.11. The number of nitrogens with one attached hydrogen (secondary N) is 2. The Morgan fingerprint density at radius 1 is 1.50 bits per heavy atom. The maximum atomic E-state index is 12.0. The molecule has 1 aliphatic heterocycles. The summed E-state index contributed by atoms with van der Waals surface area (Å²) in [4.78, 5) is 11.7. The van der Waals surface area contributed by atoms with Gasteiger partial charge in [0.05, 0.1) is 0 Å². The quantitative estimate of drug-likeness (QED) is 0.753. The summed E-state index contributed by atoms with van der Waals surface area (Å²) in [5, 5.41) is 14.3. The Bertz CT molecular complexity index is 452. The first-order valence-corrected chi connectivity index (χ1v) is 5.69. The van der Waals surface area contributed by atoms with Crippen molar-refractivity contribution in [3.8, 4) is 0 Å². The van der Waals surface area contributed by atoms with E-state index in [4.69, 9.17) is 5.11 Å². The molecule has 0 saturated heterocycles. The summed E-state index contributed by atoms with van der Waals surface area (Å²) >= 11 is 0. The number of hydrogen-bond acceptors (Lipinski definition) is 3. The van der Waals surface area contributed by atoms with E-state index in [1.54, 1.807) is 12.1 Å². The van der Waals surface area contributed by atoms with Gasteiger partial charge in [0.2, 0.25) is 0 Å². The van der Waals surface area contributed by atoms with Crippen molar-refractivity contribution < 1.29 is 18.7 Å². The van der Waals surface area contributed by atoms with Gasteiger partial charge in [0, 0.05) is 24.3 Å². The zero-order valence-electron chi connectivity index (χ0n) is 9.62. The van der Waals surface area contributed by atoms with Crippen LogP contribution < -0.4 is 10.6 Å². The van der Waals surface area contributed by atoms with Crippen molar-refractivity contribution >= 4 is 11.6 Å². The second-order valence-electron chi connectivity index (χ2n) is 4.16. The number of carbonyl (C=O) groups excluding carboxylic acids is 1. The molecule has 1 aromatic carbocycles. The molecule has 1 heterocycles. The normalized spacial score (nSPS) is 15.1. The summed E-state index contributed by atoms with van der Waals surface area (Å²) in [6, 6.07) is 5.18. The molecule has 1 amide bonds. The van der Waals surface area contributed by atoms with Crippen molar-refractivity contribution in [3.63, 3.8) is 0 Å². The zero-order valence-corrected chi connectivity index (χ0v) is 9.62. The van der Waals surface area contributed by atoms with Gasteiger partial charge in [-0.1, -0.05) is 6.07 Å². The van der Waals surface area contributed by atoms with Crippen LogP contribution in [0.1, 0.15) is 15.9 Å². The van der Waals surface area contributed by atoms with Crippen molar-refractivity contribution in [1.82, 2.24) is 5.32 Å². The fraction of sp³-hybridized carbons (Fsp3) is 0.417. The van der Waals surface area contributed by atoms with Gasteiger partial charge < -0.3 is 15.7 Å². The molecule has 0 bridgehead atoms. The number of aliphatic hydroxyl groups excluding tert-OH is 1. The summed E-state index contributed by atoms with van der Waals surface area (Å²) in [5.74, 6) is -0.466. The van der Waals surface area contributed by atoms with Crippen LogP contribution in [-0.4, -0.2) is 36.6 Å². The number of hydrogen-bond donors (Lipinski definition) is 3. The molecule has 1 aliphatic rings. The van der Waals surface area contributed by atoms with E-state index < -0.39 is 25.0 Å². The van der Waals surface area contributed by atoms with Crippen LogP contribution in [0.15, 0.2) is 18.2 Å². The number of amides is 1. The van der Waals surface area contributed by atoms with Crippen LogP contribution in [0.2, 0.25) is 0 Å². The van der Waals surface area contributed by atoms with E-state index in [0.29, 0.717) is 5.56 Å². The van der Waals surface area contributed by atoms with E-state index in [2.05, 4.69) is 10.6 Å². The summed E-state index contributed by atoms with van der Waals surface area (Å²) in [7, 11) is 0. The molecular weight excluding hydrogens is 242 g/mol. The lowest BCUT2D eigenvalue weighted by molar-refractivity contribution is -0.00270. The molecule has 3 N–H and O–H groups in total. The number of rotatable bonds is 4. The molecule has 1 atom stereocenters. The summed E-state index contributed by atoms with van der Waals surface area (Å²) in [6.07, 6.45) is -3.77. The molecule has 1 unspecified atom stereocenters. The molecule has 0 spiro atoms. The van der Waals surface area contributed by atoms with E-state index in [-0.39, 0.29) is 0 Å². The van der Waals surface area contributed by atoms with Crippen molar-refractivity contribution in [2.24, 2.45) is 0 Å². The number of aliphatic hydroxyl groups is 1. The lowest BCUT2D eigenvalue weighted by atomic mass is 10.1. The highest BCUT2D eigenvalue weighted by Crippen LogP contribution is 2.23. The summed E-state index contributed by atoms with van der Waals surface area (Å²) in [6.45, 7) is 0.380. The van der Waals surface area contributed by atoms with Crippen molar-refractivity contribution in [2.45, 2.75) is 19.0 Å².